The van der Waals surface area contributed by atoms with E-state index < -0.39 is 0 Å². The predicted molar refractivity (Wildman–Crippen MR) is 123 cm³/mol. The van der Waals surface area contributed by atoms with E-state index in [0.29, 0.717) is 19.8 Å². The van der Waals surface area contributed by atoms with Crippen molar-refractivity contribution in [3.05, 3.63) is 42.2 Å². The molecule has 2 heterocycles. The molecule has 1 saturated heterocycles. The van der Waals surface area contributed by atoms with E-state index in [4.69, 9.17) is 19.2 Å². The summed E-state index contributed by atoms with van der Waals surface area (Å²) < 4.78 is 18.8. The highest BCUT2D eigenvalue weighted by atomic mass is 16.5. The summed E-state index contributed by atoms with van der Waals surface area (Å²) in [5.41, 5.74) is 2.01. The van der Waals surface area contributed by atoms with Gasteiger partial charge in [0, 0.05) is 44.3 Å². The van der Waals surface area contributed by atoms with E-state index in [9.17, 15) is 0 Å². The van der Waals surface area contributed by atoms with Gasteiger partial charge in [-0.2, -0.15) is 5.10 Å². The predicted octanol–water partition coefficient (Wildman–Crippen LogP) is 3.35. The quantitative estimate of drug-likeness (QED) is 0.324. The lowest BCUT2D eigenvalue weighted by Crippen LogP contribution is -2.32. The minimum absolute atomic E-state index is 0.152. The lowest BCUT2D eigenvalue weighted by atomic mass is 10.2. The van der Waals surface area contributed by atoms with Gasteiger partial charge in [0.25, 0.3) is 0 Å². The van der Waals surface area contributed by atoms with Crippen LogP contribution >= 0.6 is 0 Å². The molecule has 0 bridgehead atoms. The molecular formula is C23H35N5O3. The number of aromatic nitrogens is 2. The molecule has 1 aliphatic rings. The van der Waals surface area contributed by atoms with Gasteiger partial charge in [-0.1, -0.05) is 0 Å². The summed E-state index contributed by atoms with van der Waals surface area (Å²) in [5.74, 6) is 1.58. The summed E-state index contributed by atoms with van der Waals surface area (Å²) in [6.07, 6.45) is 7.36. The molecule has 170 valence electrons. The number of guanidine groups is 1. The molecule has 0 spiro atoms. The van der Waals surface area contributed by atoms with Gasteiger partial charge in [-0.05, 0) is 57.4 Å². The van der Waals surface area contributed by atoms with Crippen molar-refractivity contribution in [3.63, 3.8) is 0 Å². The highest BCUT2D eigenvalue weighted by Gasteiger charge is 2.14. The fourth-order valence-electron chi connectivity index (χ4n) is 3.26. The van der Waals surface area contributed by atoms with Gasteiger partial charge >= 0.3 is 0 Å². The number of benzene rings is 1. The number of hydrogen-bond acceptors (Lipinski definition) is 5. The number of aliphatic imine (C=N–C) groups is 1. The van der Waals surface area contributed by atoms with Crippen LogP contribution in [0, 0.1) is 0 Å². The Labute approximate surface area is 185 Å². The Morgan fingerprint density at radius 1 is 1.32 bits per heavy atom. The third-order valence-electron chi connectivity index (χ3n) is 4.75. The first-order valence-electron chi connectivity index (χ1n) is 11.1. The molecule has 1 aromatic heterocycles. The van der Waals surface area contributed by atoms with Gasteiger partial charge < -0.3 is 24.8 Å². The van der Waals surface area contributed by atoms with Crippen LogP contribution in [0.5, 0.6) is 5.75 Å². The van der Waals surface area contributed by atoms with Crippen molar-refractivity contribution in [1.29, 1.82) is 0 Å². The second kappa shape index (κ2) is 12.3. The minimum atomic E-state index is 0.152. The summed E-state index contributed by atoms with van der Waals surface area (Å²) in [7, 11) is 1.90. The van der Waals surface area contributed by atoms with Crippen molar-refractivity contribution in [2.75, 3.05) is 31.7 Å². The number of rotatable bonds is 11. The number of anilines is 1. The lowest BCUT2D eigenvalue weighted by Gasteiger charge is -2.14. The van der Waals surface area contributed by atoms with E-state index in [-0.39, 0.29) is 12.2 Å². The van der Waals surface area contributed by atoms with Crippen molar-refractivity contribution in [3.8, 4) is 5.75 Å². The summed E-state index contributed by atoms with van der Waals surface area (Å²) in [6.45, 7) is 7.59. The second-order valence-corrected chi connectivity index (χ2v) is 7.99. The fraction of sp³-hybridized carbons (Fsp3) is 0.565. The van der Waals surface area contributed by atoms with Gasteiger partial charge in [0.05, 0.1) is 31.6 Å². The number of ether oxygens (including phenoxy) is 3. The summed E-state index contributed by atoms with van der Waals surface area (Å²) in [5, 5.41) is 11.0. The SMILES string of the molecule is CC(C)Oc1ccc(NC(=NCc2cnn(C)c2)NCCCOCC2CCCO2)cc1. The second-order valence-electron chi connectivity index (χ2n) is 7.99. The molecule has 8 heteroatoms. The number of nitrogens with zero attached hydrogens (tertiary/aromatic N) is 3. The molecule has 31 heavy (non-hydrogen) atoms. The van der Waals surface area contributed by atoms with Crippen molar-refractivity contribution in [2.24, 2.45) is 12.0 Å². The summed E-state index contributed by atoms with van der Waals surface area (Å²) in [6, 6.07) is 7.90. The molecule has 2 aromatic rings. The minimum Gasteiger partial charge on any atom is -0.491 e. The van der Waals surface area contributed by atoms with Crippen LogP contribution in [-0.2, 0) is 23.1 Å². The molecule has 1 atom stereocenters. The summed E-state index contributed by atoms with van der Waals surface area (Å²) in [4.78, 5) is 4.70. The highest BCUT2D eigenvalue weighted by molar-refractivity contribution is 5.93. The van der Waals surface area contributed by atoms with Crippen LogP contribution in [0.1, 0.15) is 38.7 Å². The number of hydrogen-bond donors (Lipinski definition) is 2. The zero-order chi connectivity index (χ0) is 21.9. The van der Waals surface area contributed by atoms with Crippen LogP contribution < -0.4 is 15.4 Å². The average Bonchev–Trinajstić information content (AvgIpc) is 3.41. The smallest absolute Gasteiger partial charge is 0.196 e. The molecule has 0 saturated carbocycles. The molecular weight excluding hydrogens is 394 g/mol. The van der Waals surface area contributed by atoms with Crippen molar-refractivity contribution >= 4 is 11.6 Å². The molecule has 1 unspecified atom stereocenters. The van der Waals surface area contributed by atoms with Gasteiger partial charge in [-0.3, -0.25) is 4.68 Å². The third-order valence-corrected chi connectivity index (χ3v) is 4.75. The average molecular weight is 430 g/mol. The van der Waals surface area contributed by atoms with Crippen molar-refractivity contribution < 1.29 is 14.2 Å². The van der Waals surface area contributed by atoms with Gasteiger partial charge in [0.1, 0.15) is 5.75 Å². The Morgan fingerprint density at radius 2 is 2.16 bits per heavy atom. The van der Waals surface area contributed by atoms with Gasteiger partial charge in [-0.15, -0.1) is 0 Å². The van der Waals surface area contributed by atoms with Crippen LogP contribution in [0.15, 0.2) is 41.7 Å². The standard InChI is InChI=1S/C23H35N5O3/c1-18(2)31-21-9-7-20(8-10-21)27-23(25-14-19-15-26-28(3)16-19)24-11-5-12-29-17-22-6-4-13-30-22/h7-10,15-16,18,22H,4-6,11-14,17H2,1-3H3,(H2,24,25,27). The lowest BCUT2D eigenvalue weighted by molar-refractivity contribution is 0.0168. The van der Waals surface area contributed by atoms with E-state index in [1.807, 2.05) is 57.6 Å². The van der Waals surface area contributed by atoms with E-state index in [1.54, 1.807) is 4.68 Å². The van der Waals surface area contributed by atoms with Gasteiger partial charge in [0.15, 0.2) is 5.96 Å². The van der Waals surface area contributed by atoms with Gasteiger partial charge in [-0.25, -0.2) is 4.99 Å². The Kier molecular flexibility index (Phi) is 9.17. The Hall–Kier alpha value is -2.58. The van der Waals surface area contributed by atoms with Crippen LogP contribution in [0.25, 0.3) is 0 Å². The molecule has 1 fully saturated rings. The first-order valence-corrected chi connectivity index (χ1v) is 11.1. The monoisotopic (exact) mass is 429 g/mol. The Bertz CT molecular complexity index is 798. The maximum absolute atomic E-state index is 5.74. The van der Waals surface area contributed by atoms with E-state index >= 15 is 0 Å². The maximum Gasteiger partial charge on any atom is 0.196 e. The Balaban J connectivity index is 1.49. The highest BCUT2D eigenvalue weighted by Crippen LogP contribution is 2.17. The molecule has 0 aliphatic carbocycles. The van der Waals surface area contributed by atoms with E-state index in [2.05, 4.69) is 15.7 Å². The van der Waals surface area contributed by atoms with E-state index in [0.717, 1.165) is 55.4 Å². The van der Waals surface area contributed by atoms with Crippen molar-refractivity contribution in [2.45, 2.75) is 51.9 Å². The first kappa shape index (κ1) is 23.1. The number of aryl methyl sites for hydroxylation is 1. The van der Waals surface area contributed by atoms with E-state index in [1.165, 1.54) is 0 Å². The van der Waals surface area contributed by atoms with Crippen LogP contribution in [0.2, 0.25) is 0 Å². The fourth-order valence-corrected chi connectivity index (χ4v) is 3.26. The normalized spacial score (nSPS) is 16.6. The molecule has 2 N–H and O–H groups in total. The zero-order valence-electron chi connectivity index (χ0n) is 18.8. The summed E-state index contributed by atoms with van der Waals surface area (Å²) >= 11 is 0. The third kappa shape index (κ3) is 8.59. The molecule has 0 amide bonds. The molecule has 1 aliphatic heterocycles. The molecule has 3 rings (SSSR count). The van der Waals surface area contributed by atoms with Crippen LogP contribution in [0.4, 0.5) is 5.69 Å². The van der Waals surface area contributed by atoms with Gasteiger partial charge in [0.2, 0.25) is 0 Å². The first-order chi connectivity index (χ1) is 15.1. The largest absolute Gasteiger partial charge is 0.491 e. The molecule has 0 radical (unpaired) electrons. The molecule has 8 nitrogen and oxygen atoms in total. The maximum atomic E-state index is 5.74. The Morgan fingerprint density at radius 3 is 2.84 bits per heavy atom. The molecule has 1 aromatic carbocycles. The topological polar surface area (TPSA) is 81.9 Å². The van der Waals surface area contributed by atoms with Crippen LogP contribution in [0.3, 0.4) is 0 Å². The van der Waals surface area contributed by atoms with Crippen LogP contribution in [-0.4, -0.2) is 54.3 Å². The number of nitrogens with one attached hydrogen (secondary N) is 2. The van der Waals surface area contributed by atoms with Crippen molar-refractivity contribution in [1.82, 2.24) is 15.1 Å². The zero-order valence-corrected chi connectivity index (χ0v) is 18.8.